The van der Waals surface area contributed by atoms with Crippen molar-refractivity contribution in [1.82, 2.24) is 5.32 Å². The second-order valence-corrected chi connectivity index (χ2v) is 4.24. The summed E-state index contributed by atoms with van der Waals surface area (Å²) in [6, 6.07) is 9.92. The lowest BCUT2D eigenvalue weighted by molar-refractivity contribution is -0.123. The summed E-state index contributed by atoms with van der Waals surface area (Å²) in [5.74, 6) is -0.00115. The summed E-state index contributed by atoms with van der Waals surface area (Å²) in [5, 5.41) is 2.97. The van der Waals surface area contributed by atoms with Crippen LogP contribution in [0, 0.1) is 0 Å². The Morgan fingerprint density at radius 2 is 2.00 bits per heavy atom. The van der Waals surface area contributed by atoms with Gasteiger partial charge < -0.3 is 10.1 Å². The Hall–Kier alpha value is -1.35. The SMILES string of the molecule is CCC(C(=O)N[C@@H](C)COC)c1ccccc1. The van der Waals surface area contributed by atoms with Crippen molar-refractivity contribution >= 4 is 5.91 Å². The molecule has 0 radical (unpaired) electrons. The molecule has 0 saturated heterocycles. The standard InChI is InChI=1S/C14H21NO2/c1-4-13(12-8-6-5-7-9-12)14(16)15-11(2)10-17-3/h5-9,11,13H,4,10H2,1-3H3,(H,15,16)/t11-,13?/m0/s1. The third-order valence-corrected chi connectivity index (χ3v) is 2.73. The van der Waals surface area contributed by atoms with E-state index in [1.807, 2.05) is 44.2 Å². The fourth-order valence-corrected chi connectivity index (χ4v) is 1.89. The molecule has 0 fully saturated rings. The maximum absolute atomic E-state index is 12.1. The number of hydrogen-bond donors (Lipinski definition) is 1. The van der Waals surface area contributed by atoms with Crippen LogP contribution in [-0.4, -0.2) is 25.7 Å². The summed E-state index contributed by atoms with van der Waals surface area (Å²) in [6.07, 6.45) is 0.801. The molecule has 17 heavy (non-hydrogen) atoms. The number of carbonyl (C=O) groups is 1. The molecule has 1 amide bonds. The monoisotopic (exact) mass is 235 g/mol. The van der Waals surface area contributed by atoms with E-state index in [2.05, 4.69) is 5.32 Å². The van der Waals surface area contributed by atoms with Crippen LogP contribution in [0.2, 0.25) is 0 Å². The van der Waals surface area contributed by atoms with Crippen molar-refractivity contribution in [3.05, 3.63) is 35.9 Å². The van der Waals surface area contributed by atoms with Crippen LogP contribution in [0.15, 0.2) is 30.3 Å². The highest BCUT2D eigenvalue weighted by Crippen LogP contribution is 2.19. The van der Waals surface area contributed by atoms with Gasteiger partial charge in [0.2, 0.25) is 5.91 Å². The van der Waals surface area contributed by atoms with Gasteiger partial charge in [0, 0.05) is 13.2 Å². The summed E-state index contributed by atoms with van der Waals surface area (Å²) in [7, 11) is 1.64. The number of rotatable bonds is 6. The Kier molecular flexibility index (Phi) is 5.70. The van der Waals surface area contributed by atoms with E-state index < -0.39 is 0 Å². The molecule has 0 aliphatic carbocycles. The summed E-state index contributed by atoms with van der Waals surface area (Å²) in [5.41, 5.74) is 1.07. The molecule has 3 nitrogen and oxygen atoms in total. The highest BCUT2D eigenvalue weighted by molar-refractivity contribution is 5.83. The van der Waals surface area contributed by atoms with Crippen molar-refractivity contribution in [2.24, 2.45) is 0 Å². The van der Waals surface area contributed by atoms with Gasteiger partial charge in [-0.15, -0.1) is 0 Å². The number of hydrogen-bond acceptors (Lipinski definition) is 2. The van der Waals surface area contributed by atoms with Crippen LogP contribution in [0.1, 0.15) is 31.7 Å². The average molecular weight is 235 g/mol. The van der Waals surface area contributed by atoms with Crippen LogP contribution in [-0.2, 0) is 9.53 Å². The van der Waals surface area contributed by atoms with Gasteiger partial charge in [-0.25, -0.2) is 0 Å². The Balaban J connectivity index is 2.65. The van der Waals surface area contributed by atoms with Gasteiger partial charge in [0.15, 0.2) is 0 Å². The van der Waals surface area contributed by atoms with E-state index >= 15 is 0 Å². The lowest BCUT2D eigenvalue weighted by Crippen LogP contribution is -2.38. The highest BCUT2D eigenvalue weighted by Gasteiger charge is 2.19. The Morgan fingerprint density at radius 3 is 2.53 bits per heavy atom. The second kappa shape index (κ2) is 7.07. The smallest absolute Gasteiger partial charge is 0.227 e. The van der Waals surface area contributed by atoms with Crippen molar-refractivity contribution in [2.45, 2.75) is 32.2 Å². The predicted octanol–water partition coefficient (Wildman–Crippen LogP) is 2.33. The first-order valence-corrected chi connectivity index (χ1v) is 6.03. The first-order chi connectivity index (χ1) is 8.19. The normalized spacial score (nSPS) is 14.1. The van der Waals surface area contributed by atoms with Gasteiger partial charge in [-0.1, -0.05) is 37.3 Å². The second-order valence-electron chi connectivity index (χ2n) is 4.24. The van der Waals surface area contributed by atoms with Crippen molar-refractivity contribution in [1.29, 1.82) is 0 Å². The Morgan fingerprint density at radius 1 is 1.35 bits per heavy atom. The molecule has 0 aromatic heterocycles. The van der Waals surface area contributed by atoms with Crippen LogP contribution in [0.4, 0.5) is 0 Å². The third kappa shape index (κ3) is 4.19. The van der Waals surface area contributed by atoms with Gasteiger partial charge >= 0.3 is 0 Å². The number of nitrogens with one attached hydrogen (secondary N) is 1. The zero-order valence-corrected chi connectivity index (χ0v) is 10.8. The Bertz CT molecular complexity index is 337. The van der Waals surface area contributed by atoms with Crippen LogP contribution >= 0.6 is 0 Å². The summed E-state index contributed by atoms with van der Waals surface area (Å²) in [4.78, 5) is 12.1. The highest BCUT2D eigenvalue weighted by atomic mass is 16.5. The van der Waals surface area contributed by atoms with Crippen molar-refractivity contribution < 1.29 is 9.53 Å². The van der Waals surface area contributed by atoms with Crippen LogP contribution < -0.4 is 5.32 Å². The number of carbonyl (C=O) groups excluding carboxylic acids is 1. The average Bonchev–Trinajstić information content (AvgIpc) is 2.31. The molecule has 0 aliphatic heterocycles. The molecule has 1 N–H and O–H groups in total. The fourth-order valence-electron chi connectivity index (χ4n) is 1.89. The lowest BCUT2D eigenvalue weighted by atomic mass is 9.95. The number of ether oxygens (including phenoxy) is 1. The molecule has 2 atom stereocenters. The van der Waals surface area contributed by atoms with Gasteiger partial charge in [0.05, 0.1) is 12.5 Å². The van der Waals surface area contributed by atoms with Gasteiger partial charge in [-0.05, 0) is 18.9 Å². The van der Waals surface area contributed by atoms with E-state index in [1.54, 1.807) is 7.11 Å². The van der Waals surface area contributed by atoms with E-state index in [9.17, 15) is 4.79 Å². The van der Waals surface area contributed by atoms with Crippen LogP contribution in [0.5, 0.6) is 0 Å². The zero-order valence-electron chi connectivity index (χ0n) is 10.8. The molecule has 0 heterocycles. The quantitative estimate of drug-likeness (QED) is 0.822. The van der Waals surface area contributed by atoms with E-state index in [1.165, 1.54) is 0 Å². The van der Waals surface area contributed by atoms with Gasteiger partial charge in [0.1, 0.15) is 0 Å². The largest absolute Gasteiger partial charge is 0.383 e. The van der Waals surface area contributed by atoms with Crippen molar-refractivity contribution in [2.75, 3.05) is 13.7 Å². The number of amides is 1. The zero-order chi connectivity index (χ0) is 12.7. The molecular formula is C14H21NO2. The van der Waals surface area contributed by atoms with Crippen molar-refractivity contribution in [3.63, 3.8) is 0 Å². The molecule has 1 aromatic carbocycles. The van der Waals surface area contributed by atoms with E-state index in [0.717, 1.165) is 12.0 Å². The first-order valence-electron chi connectivity index (χ1n) is 6.03. The molecule has 0 saturated carbocycles. The molecule has 0 bridgehead atoms. The first kappa shape index (κ1) is 13.7. The van der Waals surface area contributed by atoms with Crippen LogP contribution in [0.25, 0.3) is 0 Å². The minimum Gasteiger partial charge on any atom is -0.383 e. The minimum absolute atomic E-state index is 0.0465. The molecule has 1 aromatic rings. The molecule has 3 heteroatoms. The van der Waals surface area contributed by atoms with Gasteiger partial charge in [0.25, 0.3) is 0 Å². The number of benzene rings is 1. The predicted molar refractivity (Wildman–Crippen MR) is 69.0 cm³/mol. The minimum atomic E-state index is -0.0736. The lowest BCUT2D eigenvalue weighted by Gasteiger charge is -2.19. The van der Waals surface area contributed by atoms with E-state index in [-0.39, 0.29) is 17.9 Å². The molecule has 1 unspecified atom stereocenters. The van der Waals surface area contributed by atoms with E-state index in [0.29, 0.717) is 6.61 Å². The molecule has 0 spiro atoms. The maximum Gasteiger partial charge on any atom is 0.227 e. The molecule has 0 aliphatic rings. The summed E-state index contributed by atoms with van der Waals surface area (Å²) in [6.45, 7) is 4.51. The van der Waals surface area contributed by atoms with E-state index in [4.69, 9.17) is 4.74 Å². The topological polar surface area (TPSA) is 38.3 Å². The van der Waals surface area contributed by atoms with Crippen molar-refractivity contribution in [3.8, 4) is 0 Å². The molecule has 1 rings (SSSR count). The molecular weight excluding hydrogens is 214 g/mol. The summed E-state index contributed by atoms with van der Waals surface area (Å²) >= 11 is 0. The molecule has 94 valence electrons. The Labute approximate surface area is 103 Å². The van der Waals surface area contributed by atoms with Gasteiger partial charge in [-0.2, -0.15) is 0 Å². The summed E-state index contributed by atoms with van der Waals surface area (Å²) < 4.78 is 5.01. The number of methoxy groups -OCH3 is 1. The van der Waals surface area contributed by atoms with Gasteiger partial charge in [-0.3, -0.25) is 4.79 Å². The maximum atomic E-state index is 12.1. The van der Waals surface area contributed by atoms with Crippen LogP contribution in [0.3, 0.4) is 0 Å². The fraction of sp³-hybridized carbons (Fsp3) is 0.500. The third-order valence-electron chi connectivity index (χ3n) is 2.73.